The van der Waals surface area contributed by atoms with Gasteiger partial charge >= 0.3 is 0 Å². The molecular formula is C29H39N3O4. The second-order valence-electron chi connectivity index (χ2n) is 12.4. The monoisotopic (exact) mass is 493 g/mol. The molecule has 0 aromatic heterocycles. The molecule has 4 aliphatic rings. The molecule has 1 aromatic carbocycles. The second kappa shape index (κ2) is 9.38. The lowest BCUT2D eigenvalue weighted by Gasteiger charge is -2.56. The Hall–Kier alpha value is -2.57. The number of Topliss-reactive ketones (excluding diaryl/α,β-unsaturated/α-hetero) is 1. The fourth-order valence-corrected chi connectivity index (χ4v) is 8.35. The Labute approximate surface area is 213 Å². The van der Waals surface area contributed by atoms with Crippen molar-refractivity contribution in [3.05, 3.63) is 40.4 Å². The number of ketones is 1. The van der Waals surface area contributed by atoms with Crippen molar-refractivity contribution in [2.75, 3.05) is 24.5 Å². The fourth-order valence-electron chi connectivity index (χ4n) is 8.35. The van der Waals surface area contributed by atoms with E-state index in [1.165, 1.54) is 0 Å². The molecule has 2 unspecified atom stereocenters. The van der Waals surface area contributed by atoms with Gasteiger partial charge < -0.3 is 4.90 Å². The predicted molar refractivity (Wildman–Crippen MR) is 140 cm³/mol. The molecule has 5 rings (SSSR count). The van der Waals surface area contributed by atoms with Crippen LogP contribution in [-0.4, -0.2) is 42.0 Å². The minimum absolute atomic E-state index is 0.0221. The number of nitro groups is 1. The molecule has 7 heteroatoms. The number of carbonyl (C=O) groups is 2. The summed E-state index contributed by atoms with van der Waals surface area (Å²) < 4.78 is 0. The highest BCUT2D eigenvalue weighted by Crippen LogP contribution is 2.64. The zero-order valence-corrected chi connectivity index (χ0v) is 21.8. The van der Waals surface area contributed by atoms with Crippen molar-refractivity contribution < 1.29 is 14.5 Å². The molecule has 1 heterocycles. The summed E-state index contributed by atoms with van der Waals surface area (Å²) in [5.41, 5.74) is 1.88. The molecule has 1 aliphatic heterocycles. The highest BCUT2D eigenvalue weighted by molar-refractivity contribution is 6.07. The van der Waals surface area contributed by atoms with E-state index in [2.05, 4.69) is 13.8 Å². The van der Waals surface area contributed by atoms with E-state index in [0.29, 0.717) is 42.9 Å². The second-order valence-corrected chi connectivity index (χ2v) is 12.4. The van der Waals surface area contributed by atoms with Crippen LogP contribution in [-0.2, 0) is 9.59 Å². The number of hydrogen-bond donors (Lipinski definition) is 0. The van der Waals surface area contributed by atoms with Gasteiger partial charge in [-0.1, -0.05) is 39.0 Å². The normalized spacial score (nSPS) is 36.2. The summed E-state index contributed by atoms with van der Waals surface area (Å²) in [5, 5.41) is 11.1. The Kier molecular flexibility index (Phi) is 6.54. The van der Waals surface area contributed by atoms with Crippen molar-refractivity contribution >= 4 is 23.1 Å². The number of carbonyl (C=O) groups excluding carboxylic acids is 2. The largest absolute Gasteiger partial charge is 0.312 e. The number of rotatable bonds is 6. The molecule has 0 bridgehead atoms. The molecule has 3 fully saturated rings. The predicted octanol–water partition coefficient (Wildman–Crippen LogP) is 5.21. The minimum Gasteiger partial charge on any atom is -0.312 e. The lowest BCUT2D eigenvalue weighted by molar-refractivity contribution is -0.486. The number of benzene rings is 1. The molecule has 1 amide bonds. The molecular weight excluding hydrogens is 454 g/mol. The molecule has 3 saturated carbocycles. The smallest absolute Gasteiger partial charge is 0.230 e. The van der Waals surface area contributed by atoms with Gasteiger partial charge in [-0.2, -0.15) is 0 Å². The van der Waals surface area contributed by atoms with Gasteiger partial charge in [-0.3, -0.25) is 24.7 Å². The van der Waals surface area contributed by atoms with Gasteiger partial charge in [0.15, 0.2) is 0 Å². The summed E-state index contributed by atoms with van der Waals surface area (Å²) in [5.74, 6) is 1.57. The molecule has 194 valence electrons. The maximum Gasteiger partial charge on any atom is 0.230 e. The van der Waals surface area contributed by atoms with E-state index in [-0.39, 0.29) is 40.0 Å². The summed E-state index contributed by atoms with van der Waals surface area (Å²) in [7, 11) is 0. The molecule has 3 aliphatic carbocycles. The zero-order chi connectivity index (χ0) is 25.7. The molecule has 0 N–H and O–H groups in total. The first-order chi connectivity index (χ1) is 17.1. The highest BCUT2D eigenvalue weighted by Gasteiger charge is 2.61. The third-order valence-corrected chi connectivity index (χ3v) is 10.3. The van der Waals surface area contributed by atoms with Crippen molar-refractivity contribution in [2.45, 2.75) is 65.7 Å². The van der Waals surface area contributed by atoms with Crippen LogP contribution in [0.25, 0.3) is 0 Å². The number of hydrogen-bond acceptors (Lipinski definition) is 5. The van der Waals surface area contributed by atoms with Crippen molar-refractivity contribution in [3.63, 3.8) is 0 Å². The quantitative estimate of drug-likeness (QED) is 0.402. The number of aliphatic imine (C=N–C) groups is 1. The van der Waals surface area contributed by atoms with Gasteiger partial charge in [-0.25, -0.2) is 0 Å². The Morgan fingerprint density at radius 2 is 1.92 bits per heavy atom. The summed E-state index contributed by atoms with van der Waals surface area (Å²) in [4.78, 5) is 44.0. The van der Waals surface area contributed by atoms with Gasteiger partial charge in [0.25, 0.3) is 0 Å². The van der Waals surface area contributed by atoms with Crippen LogP contribution in [0.15, 0.2) is 35.3 Å². The van der Waals surface area contributed by atoms with Crippen LogP contribution in [0, 0.1) is 50.5 Å². The van der Waals surface area contributed by atoms with Crippen LogP contribution in [0.1, 0.15) is 65.7 Å². The van der Waals surface area contributed by atoms with Crippen LogP contribution in [0.2, 0.25) is 0 Å². The maximum atomic E-state index is 14.2. The molecule has 0 saturated heterocycles. The number of fused-ring (bicyclic) bond motifs is 5. The van der Waals surface area contributed by atoms with Crippen molar-refractivity contribution in [1.29, 1.82) is 0 Å². The molecule has 7 nitrogen and oxygen atoms in total. The van der Waals surface area contributed by atoms with E-state index in [1.807, 2.05) is 42.2 Å². The number of amides is 1. The molecule has 7 atom stereocenters. The van der Waals surface area contributed by atoms with Crippen LogP contribution in [0.4, 0.5) is 5.69 Å². The van der Waals surface area contributed by atoms with Crippen LogP contribution < -0.4 is 4.90 Å². The third-order valence-electron chi connectivity index (χ3n) is 10.3. The van der Waals surface area contributed by atoms with E-state index in [0.717, 1.165) is 50.0 Å². The Morgan fingerprint density at radius 3 is 2.64 bits per heavy atom. The average molecular weight is 494 g/mol. The van der Waals surface area contributed by atoms with E-state index in [4.69, 9.17) is 4.99 Å². The van der Waals surface area contributed by atoms with E-state index >= 15 is 0 Å². The van der Waals surface area contributed by atoms with Gasteiger partial charge in [0.1, 0.15) is 5.78 Å². The summed E-state index contributed by atoms with van der Waals surface area (Å²) in [6.07, 6.45) is 6.08. The summed E-state index contributed by atoms with van der Waals surface area (Å²) in [6.45, 7) is 7.50. The third kappa shape index (κ3) is 4.18. The first kappa shape index (κ1) is 25.1. The van der Waals surface area contributed by atoms with E-state index in [1.54, 1.807) is 0 Å². The SMILES string of the molecule is CC(CN(C(=O)C1CC[C@H]2[C@@H]3CN=C4CC(=O)CC[C@]4(C)[C@@H]3CC[C@]12C)c1ccccc1)C[N+](=O)[O-]. The van der Waals surface area contributed by atoms with Gasteiger partial charge in [0.2, 0.25) is 12.5 Å². The van der Waals surface area contributed by atoms with Crippen molar-refractivity contribution in [2.24, 2.45) is 45.4 Å². The van der Waals surface area contributed by atoms with Crippen molar-refractivity contribution in [3.8, 4) is 0 Å². The maximum absolute atomic E-state index is 14.2. The topological polar surface area (TPSA) is 92.9 Å². The van der Waals surface area contributed by atoms with Crippen molar-refractivity contribution in [1.82, 2.24) is 0 Å². The number of nitrogens with zero attached hydrogens (tertiary/aromatic N) is 3. The fraction of sp³-hybridized carbons (Fsp3) is 0.690. The van der Waals surface area contributed by atoms with Crippen LogP contribution >= 0.6 is 0 Å². The summed E-state index contributed by atoms with van der Waals surface area (Å²) in [6, 6.07) is 9.64. The zero-order valence-electron chi connectivity index (χ0n) is 21.8. The van der Waals surface area contributed by atoms with Gasteiger partial charge in [0.05, 0.1) is 0 Å². The Morgan fingerprint density at radius 1 is 1.17 bits per heavy atom. The van der Waals surface area contributed by atoms with Crippen LogP contribution in [0.5, 0.6) is 0 Å². The number of para-hydroxylation sites is 1. The van der Waals surface area contributed by atoms with Gasteiger partial charge in [-0.05, 0) is 67.4 Å². The lowest BCUT2D eigenvalue weighted by atomic mass is 9.49. The first-order valence-corrected chi connectivity index (χ1v) is 13.7. The summed E-state index contributed by atoms with van der Waals surface area (Å²) >= 11 is 0. The average Bonchev–Trinajstić information content (AvgIpc) is 3.20. The van der Waals surface area contributed by atoms with Crippen LogP contribution in [0.3, 0.4) is 0 Å². The molecule has 36 heavy (non-hydrogen) atoms. The highest BCUT2D eigenvalue weighted by atomic mass is 16.6. The molecule has 1 aromatic rings. The van der Waals surface area contributed by atoms with E-state index < -0.39 is 0 Å². The number of anilines is 1. The Bertz CT molecular complexity index is 1070. The van der Waals surface area contributed by atoms with Gasteiger partial charge in [-0.15, -0.1) is 0 Å². The molecule has 0 radical (unpaired) electrons. The van der Waals surface area contributed by atoms with Gasteiger partial charge in [0, 0.05) is 59.5 Å². The van der Waals surface area contributed by atoms with E-state index in [9.17, 15) is 19.7 Å². The minimum atomic E-state index is -0.288. The Balaban J connectivity index is 1.40. The molecule has 0 spiro atoms. The first-order valence-electron chi connectivity index (χ1n) is 13.7. The standard InChI is InChI=1S/C29H39N3O4/c1-19(18-32(35)36)17-31(20-7-5-4-6-8-20)27(34)25-10-9-23-22-16-30-26-15-21(33)11-13-29(26,3)24(22)12-14-28(23,25)2/h4-8,19,22-25H,9-18H2,1-3H3/t19?,22-,23-,24+,25?,28-,29+/m0/s1. The lowest BCUT2D eigenvalue weighted by Crippen LogP contribution is -2.55.